The normalized spacial score (nSPS) is 17.4. The largest absolute Gasteiger partial charge is 0.472 e. The predicted octanol–water partition coefficient (Wildman–Crippen LogP) is 1.62. The topological polar surface area (TPSA) is 53.4 Å². The number of aromatic nitrogens is 2. The Kier molecular flexibility index (Phi) is 2.61. The van der Waals surface area contributed by atoms with E-state index in [1.807, 2.05) is 13.8 Å². The van der Waals surface area contributed by atoms with Gasteiger partial charge in [-0.3, -0.25) is 0 Å². The molecule has 1 aliphatic heterocycles. The number of fused-ring (bicyclic) bond motifs is 1. The minimum absolute atomic E-state index is 0.192. The second-order valence-corrected chi connectivity index (χ2v) is 4.42. The van der Waals surface area contributed by atoms with Crippen molar-refractivity contribution in [1.29, 1.82) is 0 Å². The summed E-state index contributed by atoms with van der Waals surface area (Å²) in [6, 6.07) is 1.64. The Morgan fingerprint density at radius 3 is 3.12 bits per heavy atom. The van der Waals surface area contributed by atoms with Gasteiger partial charge in [-0.15, -0.1) is 0 Å². The molecule has 2 rings (SSSR count). The highest BCUT2D eigenvalue weighted by Crippen LogP contribution is 2.28. The molecule has 0 atom stereocenters. The van der Waals surface area contributed by atoms with E-state index in [4.69, 9.17) is 9.47 Å². The van der Waals surface area contributed by atoms with Gasteiger partial charge in [-0.25, -0.2) is 9.48 Å². The highest BCUT2D eigenvalue weighted by molar-refractivity contribution is 5.87. The van der Waals surface area contributed by atoms with Crippen molar-refractivity contribution >= 4 is 5.97 Å². The zero-order valence-electron chi connectivity index (χ0n) is 9.82. The summed E-state index contributed by atoms with van der Waals surface area (Å²) in [5, 5.41) is 4.15. The predicted molar refractivity (Wildman–Crippen MR) is 57.5 cm³/mol. The number of carbonyl (C=O) groups excluding carboxylic acids is 1. The number of esters is 1. The Balaban J connectivity index is 2.21. The molecule has 0 aliphatic carbocycles. The summed E-state index contributed by atoms with van der Waals surface area (Å²) in [6.07, 6.45) is 0.879. The van der Waals surface area contributed by atoms with E-state index in [1.165, 1.54) is 0 Å². The third-order valence-corrected chi connectivity index (χ3v) is 2.53. The van der Waals surface area contributed by atoms with Gasteiger partial charge in [0.25, 0.3) is 0 Å². The molecular weight excluding hydrogens is 208 g/mol. The van der Waals surface area contributed by atoms with Gasteiger partial charge in [-0.1, -0.05) is 0 Å². The summed E-state index contributed by atoms with van der Waals surface area (Å²) in [7, 11) is 0. The maximum atomic E-state index is 11.5. The van der Waals surface area contributed by atoms with E-state index in [0.717, 1.165) is 13.0 Å². The van der Waals surface area contributed by atoms with Crippen molar-refractivity contribution in [3.8, 4) is 5.88 Å². The fraction of sp³-hybridized carbons (Fsp3) is 0.636. The smallest absolute Gasteiger partial charge is 0.358 e. The minimum Gasteiger partial charge on any atom is -0.472 e. The van der Waals surface area contributed by atoms with Crippen LogP contribution in [0.5, 0.6) is 5.88 Å². The highest BCUT2D eigenvalue weighted by Gasteiger charge is 2.29. The van der Waals surface area contributed by atoms with E-state index in [9.17, 15) is 4.79 Å². The summed E-state index contributed by atoms with van der Waals surface area (Å²) in [5.74, 6) is 0.241. The second-order valence-electron chi connectivity index (χ2n) is 4.42. The molecule has 1 aliphatic rings. The van der Waals surface area contributed by atoms with Crippen LogP contribution in [0.15, 0.2) is 6.07 Å². The molecule has 0 spiro atoms. The Morgan fingerprint density at radius 2 is 2.44 bits per heavy atom. The van der Waals surface area contributed by atoms with Gasteiger partial charge in [-0.2, -0.15) is 5.10 Å². The molecule has 0 radical (unpaired) electrons. The molecule has 0 fully saturated rings. The molecular formula is C11H16N2O3. The summed E-state index contributed by atoms with van der Waals surface area (Å²) in [5.41, 5.74) is 0.122. The van der Waals surface area contributed by atoms with Crippen LogP contribution in [0.25, 0.3) is 0 Å². The minimum atomic E-state index is -0.397. The quantitative estimate of drug-likeness (QED) is 0.716. The van der Waals surface area contributed by atoms with Crippen LogP contribution in [0, 0.1) is 0 Å². The number of hydrogen-bond donors (Lipinski definition) is 0. The summed E-state index contributed by atoms with van der Waals surface area (Å²) < 4.78 is 12.3. The summed E-state index contributed by atoms with van der Waals surface area (Å²) in [6.45, 7) is 6.93. The van der Waals surface area contributed by atoms with Crippen molar-refractivity contribution < 1.29 is 14.3 Å². The van der Waals surface area contributed by atoms with Gasteiger partial charge in [0.1, 0.15) is 5.60 Å². The van der Waals surface area contributed by atoms with Crippen LogP contribution in [-0.2, 0) is 11.3 Å². The van der Waals surface area contributed by atoms with Crippen LogP contribution in [0.2, 0.25) is 0 Å². The van der Waals surface area contributed by atoms with Crippen molar-refractivity contribution in [3.63, 3.8) is 0 Å². The van der Waals surface area contributed by atoms with Crippen LogP contribution < -0.4 is 4.74 Å². The second kappa shape index (κ2) is 3.81. The Hall–Kier alpha value is -1.52. The van der Waals surface area contributed by atoms with Crippen LogP contribution in [-0.4, -0.2) is 28.0 Å². The van der Waals surface area contributed by atoms with E-state index in [0.29, 0.717) is 18.2 Å². The van der Waals surface area contributed by atoms with Gasteiger partial charge >= 0.3 is 5.97 Å². The molecule has 0 saturated heterocycles. The molecule has 5 nitrogen and oxygen atoms in total. The highest BCUT2D eigenvalue weighted by atomic mass is 16.5. The molecule has 0 bridgehead atoms. The SMILES string of the molecule is CCOC(=O)c1cc2n(n1)CCC(C)(C)O2. The van der Waals surface area contributed by atoms with Gasteiger partial charge in [-0.05, 0) is 20.8 Å². The molecule has 0 saturated carbocycles. The van der Waals surface area contributed by atoms with E-state index in [2.05, 4.69) is 5.10 Å². The fourth-order valence-corrected chi connectivity index (χ4v) is 1.66. The third-order valence-electron chi connectivity index (χ3n) is 2.53. The maximum absolute atomic E-state index is 11.5. The van der Waals surface area contributed by atoms with Crippen molar-refractivity contribution in [2.45, 2.75) is 39.3 Å². The molecule has 0 N–H and O–H groups in total. The van der Waals surface area contributed by atoms with Crippen LogP contribution in [0.1, 0.15) is 37.7 Å². The first kappa shape index (κ1) is 11.0. The van der Waals surface area contributed by atoms with Gasteiger partial charge in [0, 0.05) is 19.0 Å². The van der Waals surface area contributed by atoms with Gasteiger partial charge in [0.15, 0.2) is 5.69 Å². The number of rotatable bonds is 2. The first-order valence-corrected chi connectivity index (χ1v) is 5.46. The van der Waals surface area contributed by atoms with Crippen LogP contribution in [0.4, 0.5) is 0 Å². The number of aryl methyl sites for hydroxylation is 1. The van der Waals surface area contributed by atoms with Crippen molar-refractivity contribution in [2.75, 3.05) is 6.61 Å². The molecule has 16 heavy (non-hydrogen) atoms. The summed E-state index contributed by atoms with van der Waals surface area (Å²) in [4.78, 5) is 11.5. The van der Waals surface area contributed by atoms with Crippen molar-refractivity contribution in [1.82, 2.24) is 9.78 Å². The van der Waals surface area contributed by atoms with Gasteiger partial charge in [0.2, 0.25) is 5.88 Å². The molecule has 1 aromatic rings. The lowest BCUT2D eigenvalue weighted by atomic mass is 10.0. The van der Waals surface area contributed by atoms with E-state index in [-0.39, 0.29) is 5.60 Å². The van der Waals surface area contributed by atoms with Gasteiger partial charge < -0.3 is 9.47 Å². The third kappa shape index (κ3) is 2.03. The van der Waals surface area contributed by atoms with Crippen LogP contribution >= 0.6 is 0 Å². The average molecular weight is 224 g/mol. The van der Waals surface area contributed by atoms with E-state index < -0.39 is 5.97 Å². The average Bonchev–Trinajstić information content (AvgIpc) is 2.59. The Morgan fingerprint density at radius 1 is 1.69 bits per heavy atom. The standard InChI is InChI=1S/C11H16N2O3/c1-4-15-10(14)8-7-9-13(12-8)6-5-11(2,3)16-9/h7H,4-6H2,1-3H3. The zero-order valence-corrected chi connectivity index (χ0v) is 9.82. The molecule has 1 aromatic heterocycles. The zero-order chi connectivity index (χ0) is 11.8. The number of nitrogens with zero attached hydrogens (tertiary/aromatic N) is 2. The lowest BCUT2D eigenvalue weighted by Crippen LogP contribution is -2.34. The molecule has 2 heterocycles. The fourth-order valence-electron chi connectivity index (χ4n) is 1.66. The lowest BCUT2D eigenvalue weighted by Gasteiger charge is -2.30. The van der Waals surface area contributed by atoms with Crippen molar-refractivity contribution in [2.24, 2.45) is 0 Å². The molecule has 5 heteroatoms. The molecule has 0 aromatic carbocycles. The lowest BCUT2D eigenvalue weighted by molar-refractivity contribution is 0.0514. The van der Waals surface area contributed by atoms with Gasteiger partial charge in [0.05, 0.1) is 6.61 Å². The number of hydrogen-bond acceptors (Lipinski definition) is 4. The molecule has 88 valence electrons. The number of ether oxygens (including phenoxy) is 2. The maximum Gasteiger partial charge on any atom is 0.358 e. The first-order valence-electron chi connectivity index (χ1n) is 5.46. The molecule has 0 amide bonds. The first-order chi connectivity index (χ1) is 7.52. The Labute approximate surface area is 94.3 Å². The van der Waals surface area contributed by atoms with E-state index >= 15 is 0 Å². The van der Waals surface area contributed by atoms with E-state index in [1.54, 1.807) is 17.7 Å². The molecule has 0 unspecified atom stereocenters. The Bertz CT molecular complexity index is 409. The summed E-state index contributed by atoms with van der Waals surface area (Å²) >= 11 is 0. The van der Waals surface area contributed by atoms with Crippen molar-refractivity contribution in [3.05, 3.63) is 11.8 Å². The monoisotopic (exact) mass is 224 g/mol. The number of carbonyl (C=O) groups is 1. The van der Waals surface area contributed by atoms with Crippen LogP contribution in [0.3, 0.4) is 0 Å².